The molecule has 2 fully saturated rings. The molecular weight excluding hydrogens is 512 g/mol. The maximum absolute atomic E-state index is 13.6. The van der Waals surface area contributed by atoms with Gasteiger partial charge in [-0.1, -0.05) is 0 Å². The lowest BCUT2D eigenvalue weighted by Gasteiger charge is -2.42. The van der Waals surface area contributed by atoms with Crippen LogP contribution in [0, 0.1) is 0 Å². The molecule has 0 aliphatic carbocycles. The van der Waals surface area contributed by atoms with Gasteiger partial charge in [0.2, 0.25) is 20.0 Å². The number of piperidine rings is 1. The number of carbonyl (C=O) groups excluding carboxylic acids is 1. The molecule has 2 aliphatic rings. The van der Waals surface area contributed by atoms with Crippen LogP contribution in [0.15, 0.2) is 46.2 Å². The van der Waals surface area contributed by atoms with Crippen LogP contribution in [-0.2, 0) is 24.8 Å². The first-order valence-electron chi connectivity index (χ1n) is 11.1. The van der Waals surface area contributed by atoms with Gasteiger partial charge in [-0.25, -0.2) is 16.8 Å². The Morgan fingerprint density at radius 3 is 2.00 bits per heavy atom. The Labute approximate surface area is 210 Å². The van der Waals surface area contributed by atoms with E-state index in [-0.39, 0.29) is 65.9 Å². The van der Waals surface area contributed by atoms with Gasteiger partial charge in [-0.15, -0.1) is 0 Å². The van der Waals surface area contributed by atoms with Gasteiger partial charge in [0.15, 0.2) is 17.8 Å². The SMILES string of the molecule is COc1cc(S(=O)(=O)N2CCC3(CC2)OCCN3S(=O)(=O)c2ccc(OC)c(OC)c2)ccc1C=O. The van der Waals surface area contributed by atoms with E-state index in [1.165, 1.54) is 66.3 Å². The number of nitrogens with zero attached hydrogens (tertiary/aromatic N) is 2. The molecule has 0 unspecified atom stereocenters. The van der Waals surface area contributed by atoms with Crippen LogP contribution in [0.2, 0.25) is 0 Å². The van der Waals surface area contributed by atoms with E-state index in [4.69, 9.17) is 18.9 Å². The van der Waals surface area contributed by atoms with E-state index in [9.17, 15) is 21.6 Å². The first kappa shape index (κ1) is 26.4. The van der Waals surface area contributed by atoms with E-state index < -0.39 is 25.8 Å². The Bertz CT molecular complexity index is 1350. The normalized spacial score (nSPS) is 18.8. The van der Waals surface area contributed by atoms with Crippen LogP contribution in [0.3, 0.4) is 0 Å². The fourth-order valence-corrected chi connectivity index (χ4v) is 7.80. The predicted octanol–water partition coefficient (Wildman–Crippen LogP) is 1.73. The molecule has 0 amide bonds. The van der Waals surface area contributed by atoms with E-state index in [2.05, 4.69) is 0 Å². The molecule has 0 saturated carbocycles. The zero-order valence-electron chi connectivity index (χ0n) is 20.2. The molecule has 0 atom stereocenters. The van der Waals surface area contributed by atoms with Gasteiger partial charge in [0.05, 0.1) is 43.3 Å². The molecule has 2 saturated heterocycles. The summed E-state index contributed by atoms with van der Waals surface area (Å²) in [6.45, 7) is 0.452. The lowest BCUT2D eigenvalue weighted by Crippen LogP contribution is -2.55. The molecule has 2 aromatic carbocycles. The van der Waals surface area contributed by atoms with Crippen LogP contribution in [0.1, 0.15) is 23.2 Å². The largest absolute Gasteiger partial charge is 0.496 e. The highest BCUT2D eigenvalue weighted by atomic mass is 32.2. The van der Waals surface area contributed by atoms with Gasteiger partial charge < -0.3 is 18.9 Å². The van der Waals surface area contributed by atoms with Crippen molar-refractivity contribution in [3.63, 3.8) is 0 Å². The topological polar surface area (TPSA) is 129 Å². The highest BCUT2D eigenvalue weighted by Gasteiger charge is 2.51. The fraction of sp³-hybridized carbons (Fsp3) is 0.435. The summed E-state index contributed by atoms with van der Waals surface area (Å²) in [4.78, 5) is 11.2. The van der Waals surface area contributed by atoms with Crippen molar-refractivity contribution in [2.24, 2.45) is 0 Å². The van der Waals surface area contributed by atoms with Crippen LogP contribution in [0.25, 0.3) is 0 Å². The van der Waals surface area contributed by atoms with E-state index in [1.807, 2.05) is 0 Å². The van der Waals surface area contributed by atoms with E-state index >= 15 is 0 Å². The van der Waals surface area contributed by atoms with E-state index in [0.717, 1.165) is 0 Å². The number of hydrogen-bond acceptors (Lipinski definition) is 9. The van der Waals surface area contributed by atoms with Crippen LogP contribution in [-0.4, -0.2) is 85.0 Å². The quantitative estimate of drug-likeness (QED) is 0.460. The number of hydrogen-bond donors (Lipinski definition) is 0. The van der Waals surface area contributed by atoms with Crippen LogP contribution in [0.4, 0.5) is 0 Å². The van der Waals surface area contributed by atoms with Crippen LogP contribution in [0.5, 0.6) is 17.2 Å². The Kier molecular flexibility index (Phi) is 7.30. The van der Waals surface area contributed by atoms with Gasteiger partial charge >= 0.3 is 0 Å². The number of sulfonamides is 2. The molecule has 0 bridgehead atoms. The average Bonchev–Trinajstić information content (AvgIpc) is 3.31. The van der Waals surface area contributed by atoms with Crippen molar-refractivity contribution >= 4 is 26.3 Å². The molecule has 0 radical (unpaired) electrons. The van der Waals surface area contributed by atoms with Crippen molar-refractivity contribution in [2.45, 2.75) is 28.4 Å². The molecule has 196 valence electrons. The van der Waals surface area contributed by atoms with Crippen molar-refractivity contribution in [3.05, 3.63) is 42.0 Å². The fourth-order valence-electron chi connectivity index (χ4n) is 4.61. The maximum atomic E-state index is 13.6. The van der Waals surface area contributed by atoms with Gasteiger partial charge in [-0.2, -0.15) is 8.61 Å². The maximum Gasteiger partial charge on any atom is 0.245 e. The van der Waals surface area contributed by atoms with Gasteiger partial charge in [-0.3, -0.25) is 4.79 Å². The molecule has 11 nitrogen and oxygen atoms in total. The Morgan fingerprint density at radius 1 is 0.806 bits per heavy atom. The molecule has 0 N–H and O–H groups in total. The molecule has 13 heteroatoms. The number of ether oxygens (including phenoxy) is 4. The Morgan fingerprint density at radius 2 is 1.39 bits per heavy atom. The third-order valence-electron chi connectivity index (χ3n) is 6.54. The first-order chi connectivity index (χ1) is 17.1. The standard InChI is InChI=1S/C23H28N2O9S2/c1-31-20-7-6-19(15-22(20)33-3)36(29,30)25-12-13-34-23(25)8-10-24(11-9-23)35(27,28)18-5-4-17(16-26)21(14-18)32-2/h4-7,14-16H,8-13H2,1-3H3. The lowest BCUT2D eigenvalue weighted by atomic mass is 10.0. The lowest BCUT2D eigenvalue weighted by molar-refractivity contribution is -0.0806. The summed E-state index contributed by atoms with van der Waals surface area (Å²) in [5.74, 6) is 0.843. The van der Waals surface area contributed by atoms with E-state index in [0.29, 0.717) is 12.0 Å². The van der Waals surface area contributed by atoms with E-state index in [1.54, 1.807) is 0 Å². The molecule has 2 aromatic rings. The number of carbonyl (C=O) groups is 1. The molecule has 36 heavy (non-hydrogen) atoms. The molecule has 2 heterocycles. The smallest absolute Gasteiger partial charge is 0.245 e. The van der Waals surface area contributed by atoms with Crippen molar-refractivity contribution in [3.8, 4) is 17.2 Å². The summed E-state index contributed by atoms with van der Waals surface area (Å²) in [6, 6.07) is 8.42. The van der Waals surface area contributed by atoms with Gasteiger partial charge in [0.1, 0.15) is 11.5 Å². The number of methoxy groups -OCH3 is 3. The first-order valence-corrected chi connectivity index (χ1v) is 14.0. The highest BCUT2D eigenvalue weighted by molar-refractivity contribution is 7.89. The minimum atomic E-state index is -3.97. The summed E-state index contributed by atoms with van der Waals surface area (Å²) in [6.07, 6.45) is 0.898. The summed E-state index contributed by atoms with van der Waals surface area (Å²) in [5, 5.41) is 0. The second kappa shape index (κ2) is 9.98. The molecule has 4 rings (SSSR count). The predicted molar refractivity (Wildman–Crippen MR) is 128 cm³/mol. The van der Waals surface area contributed by atoms with Gasteiger partial charge in [-0.05, 0) is 24.3 Å². The van der Waals surface area contributed by atoms with Crippen LogP contribution >= 0.6 is 0 Å². The zero-order valence-corrected chi connectivity index (χ0v) is 21.8. The number of rotatable bonds is 8. The molecule has 2 aliphatic heterocycles. The number of aldehydes is 1. The Balaban J connectivity index is 1.57. The summed E-state index contributed by atoms with van der Waals surface area (Å²) in [5.41, 5.74) is -0.915. The number of benzene rings is 2. The van der Waals surface area contributed by atoms with Crippen molar-refractivity contribution in [2.75, 3.05) is 47.6 Å². The highest BCUT2D eigenvalue weighted by Crippen LogP contribution is 2.41. The minimum absolute atomic E-state index is 0.0111. The molecule has 1 spiro atoms. The molecular formula is C23H28N2O9S2. The Hall–Kier alpha value is -2.71. The second-order valence-electron chi connectivity index (χ2n) is 8.31. The van der Waals surface area contributed by atoms with Gasteiger partial charge in [0, 0.05) is 44.6 Å². The summed E-state index contributed by atoms with van der Waals surface area (Å²) in [7, 11) is -3.63. The third-order valence-corrected chi connectivity index (χ3v) is 10.4. The molecule has 0 aromatic heterocycles. The summed E-state index contributed by atoms with van der Waals surface area (Å²) >= 11 is 0. The summed E-state index contributed by atoms with van der Waals surface area (Å²) < 4.78 is 77.8. The average molecular weight is 541 g/mol. The van der Waals surface area contributed by atoms with Crippen LogP contribution < -0.4 is 14.2 Å². The second-order valence-corrected chi connectivity index (χ2v) is 12.1. The van der Waals surface area contributed by atoms with Crippen molar-refractivity contribution < 1.29 is 40.6 Å². The van der Waals surface area contributed by atoms with Crippen molar-refractivity contribution in [1.82, 2.24) is 8.61 Å². The zero-order chi connectivity index (χ0) is 26.1. The van der Waals surface area contributed by atoms with Crippen molar-refractivity contribution in [1.29, 1.82) is 0 Å². The minimum Gasteiger partial charge on any atom is -0.496 e. The third kappa shape index (κ3) is 4.45. The monoisotopic (exact) mass is 540 g/mol. The van der Waals surface area contributed by atoms with Gasteiger partial charge in [0.25, 0.3) is 0 Å².